The van der Waals surface area contributed by atoms with Crippen LogP contribution in [0.2, 0.25) is 0 Å². The molecule has 3 heteroatoms. The largest absolute Gasteiger partial charge is 0.356 e. The van der Waals surface area contributed by atoms with Crippen LogP contribution in [0.5, 0.6) is 0 Å². The third kappa shape index (κ3) is 6.16. The highest BCUT2D eigenvalue weighted by Gasteiger charge is 2.05. The predicted octanol–water partition coefficient (Wildman–Crippen LogP) is 0.901. The van der Waals surface area contributed by atoms with Crippen molar-refractivity contribution in [2.75, 3.05) is 13.1 Å². The van der Waals surface area contributed by atoms with Gasteiger partial charge in [0.1, 0.15) is 0 Å². The fourth-order valence-electron chi connectivity index (χ4n) is 1.04. The van der Waals surface area contributed by atoms with Gasteiger partial charge in [0.25, 0.3) is 0 Å². The Morgan fingerprint density at radius 1 is 1.42 bits per heavy atom. The number of carbonyl (C=O) groups is 1. The lowest BCUT2D eigenvalue weighted by Crippen LogP contribution is -2.33. The highest BCUT2D eigenvalue weighted by molar-refractivity contribution is 5.76. The van der Waals surface area contributed by atoms with E-state index in [9.17, 15) is 4.79 Å². The second-order valence-electron chi connectivity index (χ2n) is 3.01. The zero-order valence-electron chi connectivity index (χ0n) is 8.31. The SMILES string of the molecule is CCCNC(=O)CC(C)NCC. The third-order valence-electron chi connectivity index (χ3n) is 1.62. The van der Waals surface area contributed by atoms with E-state index < -0.39 is 0 Å². The summed E-state index contributed by atoms with van der Waals surface area (Å²) in [5.41, 5.74) is 0. The van der Waals surface area contributed by atoms with Crippen LogP contribution in [0.1, 0.15) is 33.6 Å². The molecule has 0 radical (unpaired) electrons. The van der Waals surface area contributed by atoms with Crippen molar-refractivity contribution in [2.24, 2.45) is 0 Å². The molecule has 0 bridgehead atoms. The maximum atomic E-state index is 11.1. The minimum Gasteiger partial charge on any atom is -0.356 e. The van der Waals surface area contributed by atoms with Gasteiger partial charge in [0.05, 0.1) is 0 Å². The summed E-state index contributed by atoms with van der Waals surface area (Å²) < 4.78 is 0. The Balaban J connectivity index is 3.40. The van der Waals surface area contributed by atoms with Gasteiger partial charge in [0.2, 0.25) is 5.91 Å². The highest BCUT2D eigenvalue weighted by atomic mass is 16.1. The first kappa shape index (κ1) is 11.4. The van der Waals surface area contributed by atoms with Gasteiger partial charge in [-0.15, -0.1) is 0 Å². The summed E-state index contributed by atoms with van der Waals surface area (Å²) in [4.78, 5) is 11.1. The number of hydrogen-bond donors (Lipinski definition) is 2. The minimum absolute atomic E-state index is 0.144. The second kappa shape index (κ2) is 7.10. The van der Waals surface area contributed by atoms with Crippen LogP contribution < -0.4 is 10.6 Å². The monoisotopic (exact) mass is 172 g/mol. The standard InChI is InChI=1S/C9H20N2O/c1-4-6-11-9(12)7-8(3)10-5-2/h8,10H,4-7H2,1-3H3,(H,11,12). The van der Waals surface area contributed by atoms with E-state index in [1.165, 1.54) is 0 Å². The molecule has 0 aliphatic heterocycles. The molecule has 0 aromatic carbocycles. The van der Waals surface area contributed by atoms with Gasteiger partial charge >= 0.3 is 0 Å². The molecule has 0 aliphatic carbocycles. The van der Waals surface area contributed by atoms with Crippen LogP contribution in [0.4, 0.5) is 0 Å². The Hall–Kier alpha value is -0.570. The lowest BCUT2D eigenvalue weighted by atomic mass is 10.2. The first-order valence-electron chi connectivity index (χ1n) is 4.70. The van der Waals surface area contributed by atoms with E-state index in [0.29, 0.717) is 6.42 Å². The molecule has 2 N–H and O–H groups in total. The molecule has 12 heavy (non-hydrogen) atoms. The fourth-order valence-corrected chi connectivity index (χ4v) is 1.04. The van der Waals surface area contributed by atoms with Crippen LogP contribution in [0, 0.1) is 0 Å². The van der Waals surface area contributed by atoms with Gasteiger partial charge in [-0.2, -0.15) is 0 Å². The normalized spacial score (nSPS) is 12.6. The zero-order valence-corrected chi connectivity index (χ0v) is 8.31. The van der Waals surface area contributed by atoms with Crippen molar-refractivity contribution < 1.29 is 4.79 Å². The Labute approximate surface area is 74.9 Å². The van der Waals surface area contributed by atoms with Crippen molar-refractivity contribution in [3.63, 3.8) is 0 Å². The van der Waals surface area contributed by atoms with Crippen molar-refractivity contribution in [3.05, 3.63) is 0 Å². The minimum atomic E-state index is 0.144. The van der Waals surface area contributed by atoms with Crippen LogP contribution in [0.25, 0.3) is 0 Å². The van der Waals surface area contributed by atoms with E-state index in [2.05, 4.69) is 10.6 Å². The molecule has 0 heterocycles. The lowest BCUT2D eigenvalue weighted by molar-refractivity contribution is -0.121. The number of hydrogen-bond acceptors (Lipinski definition) is 2. The van der Waals surface area contributed by atoms with E-state index >= 15 is 0 Å². The van der Waals surface area contributed by atoms with E-state index in [4.69, 9.17) is 0 Å². The molecular formula is C9H20N2O. The molecule has 1 unspecified atom stereocenters. The quantitative estimate of drug-likeness (QED) is 0.625. The summed E-state index contributed by atoms with van der Waals surface area (Å²) in [7, 11) is 0. The van der Waals surface area contributed by atoms with Crippen LogP contribution >= 0.6 is 0 Å². The molecular weight excluding hydrogens is 152 g/mol. The molecule has 0 fully saturated rings. The Kier molecular flexibility index (Phi) is 6.76. The van der Waals surface area contributed by atoms with Gasteiger partial charge in [-0.25, -0.2) is 0 Å². The first-order valence-corrected chi connectivity index (χ1v) is 4.70. The topological polar surface area (TPSA) is 41.1 Å². The average molecular weight is 172 g/mol. The molecule has 1 amide bonds. The molecule has 1 atom stereocenters. The van der Waals surface area contributed by atoms with Crippen LogP contribution in [-0.4, -0.2) is 25.0 Å². The van der Waals surface area contributed by atoms with Crippen molar-refractivity contribution >= 4 is 5.91 Å². The summed E-state index contributed by atoms with van der Waals surface area (Å²) >= 11 is 0. The molecule has 0 rings (SSSR count). The van der Waals surface area contributed by atoms with E-state index in [1.807, 2.05) is 20.8 Å². The molecule has 0 saturated heterocycles. The van der Waals surface area contributed by atoms with Crippen LogP contribution in [0.15, 0.2) is 0 Å². The number of carbonyl (C=O) groups excluding carboxylic acids is 1. The summed E-state index contributed by atoms with van der Waals surface area (Å²) in [5.74, 6) is 0.144. The molecule has 0 spiro atoms. The maximum absolute atomic E-state index is 11.1. The lowest BCUT2D eigenvalue weighted by Gasteiger charge is -2.11. The van der Waals surface area contributed by atoms with Crippen LogP contribution in [-0.2, 0) is 4.79 Å². The molecule has 72 valence electrons. The fraction of sp³-hybridized carbons (Fsp3) is 0.889. The predicted molar refractivity (Wildman–Crippen MR) is 51.1 cm³/mol. The van der Waals surface area contributed by atoms with E-state index in [-0.39, 0.29) is 11.9 Å². The molecule has 0 aromatic rings. The average Bonchev–Trinajstić information content (AvgIpc) is 2.01. The van der Waals surface area contributed by atoms with Gasteiger partial charge < -0.3 is 10.6 Å². The molecule has 0 aliphatic rings. The molecule has 0 aromatic heterocycles. The number of nitrogens with one attached hydrogen (secondary N) is 2. The Morgan fingerprint density at radius 3 is 2.58 bits per heavy atom. The number of amides is 1. The molecule has 3 nitrogen and oxygen atoms in total. The van der Waals surface area contributed by atoms with Crippen molar-refractivity contribution in [1.29, 1.82) is 0 Å². The van der Waals surface area contributed by atoms with E-state index in [0.717, 1.165) is 19.5 Å². The summed E-state index contributed by atoms with van der Waals surface area (Å²) in [5, 5.41) is 6.03. The van der Waals surface area contributed by atoms with E-state index in [1.54, 1.807) is 0 Å². The third-order valence-corrected chi connectivity index (χ3v) is 1.62. The van der Waals surface area contributed by atoms with Gasteiger partial charge in [-0.3, -0.25) is 4.79 Å². The number of rotatable bonds is 6. The Morgan fingerprint density at radius 2 is 2.08 bits per heavy atom. The van der Waals surface area contributed by atoms with Gasteiger partial charge in [0.15, 0.2) is 0 Å². The second-order valence-corrected chi connectivity index (χ2v) is 3.01. The van der Waals surface area contributed by atoms with Gasteiger partial charge in [-0.1, -0.05) is 13.8 Å². The zero-order chi connectivity index (χ0) is 9.40. The van der Waals surface area contributed by atoms with Crippen molar-refractivity contribution in [3.8, 4) is 0 Å². The maximum Gasteiger partial charge on any atom is 0.221 e. The van der Waals surface area contributed by atoms with Crippen molar-refractivity contribution in [1.82, 2.24) is 10.6 Å². The summed E-state index contributed by atoms with van der Waals surface area (Å²) in [6.45, 7) is 7.82. The Bertz CT molecular complexity index is 126. The smallest absolute Gasteiger partial charge is 0.221 e. The highest BCUT2D eigenvalue weighted by Crippen LogP contribution is 1.89. The van der Waals surface area contributed by atoms with Crippen molar-refractivity contribution in [2.45, 2.75) is 39.7 Å². The first-order chi connectivity index (χ1) is 5.70. The molecule has 0 saturated carbocycles. The van der Waals surface area contributed by atoms with Gasteiger partial charge in [0, 0.05) is 19.0 Å². The van der Waals surface area contributed by atoms with Gasteiger partial charge in [-0.05, 0) is 19.9 Å². The summed E-state index contributed by atoms with van der Waals surface area (Å²) in [6, 6.07) is 0.284. The summed E-state index contributed by atoms with van der Waals surface area (Å²) in [6.07, 6.45) is 1.58. The van der Waals surface area contributed by atoms with Crippen LogP contribution in [0.3, 0.4) is 0 Å².